The van der Waals surface area contributed by atoms with E-state index in [2.05, 4.69) is 11.8 Å². The number of hydrogen-bond donors (Lipinski definition) is 0. The van der Waals surface area contributed by atoms with Crippen molar-refractivity contribution < 1.29 is 9.53 Å². The maximum atomic E-state index is 11.1. The van der Waals surface area contributed by atoms with E-state index in [9.17, 15) is 4.79 Å². The molecule has 2 nitrogen and oxygen atoms in total. The molecule has 0 saturated heterocycles. The highest BCUT2D eigenvalue weighted by Gasteiger charge is 2.01. The van der Waals surface area contributed by atoms with Gasteiger partial charge in [0.1, 0.15) is 6.61 Å². The second-order valence-corrected chi connectivity index (χ2v) is 2.14. The lowest BCUT2D eigenvalue weighted by atomic mass is 10.1. The second kappa shape index (κ2) is 3.88. The van der Waals surface area contributed by atoms with Gasteiger partial charge in [0, 0.05) is 5.56 Å². The summed E-state index contributed by atoms with van der Waals surface area (Å²) in [6, 6.07) is 9.00. The fraction of sp³-hybridized carbons (Fsp3) is 0.111. The van der Waals surface area contributed by atoms with Crippen molar-refractivity contribution in [3.05, 3.63) is 43.0 Å². The van der Waals surface area contributed by atoms with E-state index in [4.69, 9.17) is 0 Å². The van der Waals surface area contributed by atoms with Crippen LogP contribution in [-0.4, -0.2) is 12.4 Å². The molecule has 57 valence electrons. The first-order chi connectivity index (χ1) is 5.34. The van der Waals surface area contributed by atoms with E-state index in [1.54, 1.807) is 12.1 Å². The molecule has 0 aromatic heterocycles. The average Bonchev–Trinajstić information content (AvgIpc) is 2.07. The van der Waals surface area contributed by atoms with Crippen molar-refractivity contribution in [1.29, 1.82) is 0 Å². The zero-order valence-corrected chi connectivity index (χ0v) is 6.12. The Morgan fingerprint density at radius 3 is 2.55 bits per heavy atom. The van der Waals surface area contributed by atoms with Gasteiger partial charge in [0.05, 0.1) is 7.11 Å². The molecule has 0 N–H and O–H groups in total. The second-order valence-electron chi connectivity index (χ2n) is 2.14. The number of rotatable bonds is 3. The number of carbonyl (C=O) groups is 1. The van der Waals surface area contributed by atoms with Gasteiger partial charge >= 0.3 is 0 Å². The van der Waals surface area contributed by atoms with E-state index in [-0.39, 0.29) is 12.4 Å². The number of benzene rings is 1. The molecular weight excluding hydrogens is 140 g/mol. The highest BCUT2D eigenvalue weighted by molar-refractivity contribution is 5.96. The maximum absolute atomic E-state index is 11.1. The highest BCUT2D eigenvalue weighted by atomic mass is 16.5. The Morgan fingerprint density at radius 1 is 1.36 bits per heavy atom. The monoisotopic (exact) mass is 149 g/mol. The Balaban J connectivity index is 2.69. The van der Waals surface area contributed by atoms with Gasteiger partial charge in [-0.25, -0.2) is 0 Å². The molecule has 0 spiro atoms. The quantitative estimate of drug-likeness (QED) is 0.611. The molecule has 0 atom stereocenters. The van der Waals surface area contributed by atoms with Gasteiger partial charge in [0.15, 0.2) is 5.78 Å². The largest absolute Gasteiger partial charge is 0.371 e. The van der Waals surface area contributed by atoms with E-state index >= 15 is 0 Å². The maximum Gasteiger partial charge on any atom is 0.188 e. The van der Waals surface area contributed by atoms with Crippen molar-refractivity contribution in [2.24, 2.45) is 0 Å². The minimum absolute atomic E-state index is 0.0411. The molecule has 0 aliphatic carbocycles. The van der Waals surface area contributed by atoms with Crippen LogP contribution >= 0.6 is 0 Å². The molecule has 0 saturated carbocycles. The molecule has 1 radical (unpaired) electrons. The van der Waals surface area contributed by atoms with Gasteiger partial charge in [-0.15, -0.1) is 0 Å². The SMILES string of the molecule is [CH2]OCC(=O)c1ccccc1. The summed E-state index contributed by atoms with van der Waals surface area (Å²) in [5.41, 5.74) is 0.663. The minimum Gasteiger partial charge on any atom is -0.371 e. The lowest BCUT2D eigenvalue weighted by Gasteiger charge is -1.96. The summed E-state index contributed by atoms with van der Waals surface area (Å²) in [6.07, 6.45) is 0. The van der Waals surface area contributed by atoms with E-state index in [0.717, 1.165) is 0 Å². The van der Waals surface area contributed by atoms with Crippen molar-refractivity contribution in [2.45, 2.75) is 0 Å². The fourth-order valence-corrected chi connectivity index (χ4v) is 0.800. The van der Waals surface area contributed by atoms with Crippen molar-refractivity contribution in [1.82, 2.24) is 0 Å². The third-order valence-electron chi connectivity index (χ3n) is 1.33. The van der Waals surface area contributed by atoms with Gasteiger partial charge in [-0.2, -0.15) is 0 Å². The van der Waals surface area contributed by atoms with Gasteiger partial charge < -0.3 is 4.74 Å². The first-order valence-electron chi connectivity index (χ1n) is 3.30. The number of ketones is 1. The molecule has 1 aromatic carbocycles. The van der Waals surface area contributed by atoms with Crippen LogP contribution in [0.15, 0.2) is 30.3 Å². The Labute approximate surface area is 65.8 Å². The standard InChI is InChI=1S/C9H9O2/c1-11-7-9(10)8-5-3-2-4-6-8/h2-6H,1,7H2. The summed E-state index contributed by atoms with van der Waals surface area (Å²) in [5, 5.41) is 0. The third kappa shape index (κ3) is 2.16. The Kier molecular flexibility index (Phi) is 2.81. The van der Waals surface area contributed by atoms with Gasteiger partial charge in [-0.1, -0.05) is 30.3 Å². The van der Waals surface area contributed by atoms with E-state index in [1.807, 2.05) is 18.2 Å². The molecule has 0 heterocycles. The first-order valence-corrected chi connectivity index (χ1v) is 3.30. The average molecular weight is 149 g/mol. The van der Waals surface area contributed by atoms with Gasteiger partial charge in [0.25, 0.3) is 0 Å². The minimum atomic E-state index is -0.0411. The molecular formula is C9H9O2. The zero-order valence-electron chi connectivity index (χ0n) is 6.12. The Morgan fingerprint density at radius 2 is 2.00 bits per heavy atom. The lowest BCUT2D eigenvalue weighted by molar-refractivity contribution is 0.0882. The van der Waals surface area contributed by atoms with Crippen LogP contribution in [0, 0.1) is 7.11 Å². The number of carbonyl (C=O) groups excluding carboxylic acids is 1. The van der Waals surface area contributed by atoms with Gasteiger partial charge in [-0.05, 0) is 0 Å². The third-order valence-corrected chi connectivity index (χ3v) is 1.33. The summed E-state index contributed by atoms with van der Waals surface area (Å²) in [7, 11) is 3.13. The molecule has 0 unspecified atom stereocenters. The Bertz CT molecular complexity index is 229. The molecule has 0 amide bonds. The molecule has 1 rings (SSSR count). The smallest absolute Gasteiger partial charge is 0.188 e. The summed E-state index contributed by atoms with van der Waals surface area (Å²) in [4.78, 5) is 11.1. The van der Waals surface area contributed by atoms with Crippen LogP contribution in [-0.2, 0) is 4.74 Å². The van der Waals surface area contributed by atoms with Crippen LogP contribution in [0.3, 0.4) is 0 Å². The van der Waals surface area contributed by atoms with Crippen LogP contribution in [0.1, 0.15) is 10.4 Å². The van der Waals surface area contributed by atoms with Gasteiger partial charge in [0.2, 0.25) is 0 Å². The van der Waals surface area contributed by atoms with E-state index < -0.39 is 0 Å². The molecule has 0 bridgehead atoms. The molecule has 0 aliphatic heterocycles. The predicted molar refractivity (Wildman–Crippen MR) is 42.1 cm³/mol. The highest BCUT2D eigenvalue weighted by Crippen LogP contribution is 1.99. The predicted octanol–water partition coefficient (Wildman–Crippen LogP) is 1.68. The topological polar surface area (TPSA) is 26.3 Å². The van der Waals surface area contributed by atoms with Crippen molar-refractivity contribution in [2.75, 3.05) is 6.61 Å². The number of ether oxygens (including phenoxy) is 1. The summed E-state index contributed by atoms with van der Waals surface area (Å²) < 4.78 is 4.46. The zero-order chi connectivity index (χ0) is 8.10. The van der Waals surface area contributed by atoms with Crippen molar-refractivity contribution in [3.63, 3.8) is 0 Å². The molecule has 11 heavy (non-hydrogen) atoms. The summed E-state index contributed by atoms with van der Waals surface area (Å²) >= 11 is 0. The molecule has 0 fully saturated rings. The van der Waals surface area contributed by atoms with Crippen LogP contribution in [0.25, 0.3) is 0 Å². The van der Waals surface area contributed by atoms with E-state index in [0.29, 0.717) is 5.56 Å². The van der Waals surface area contributed by atoms with E-state index in [1.165, 1.54) is 0 Å². The lowest BCUT2D eigenvalue weighted by Crippen LogP contribution is -2.05. The summed E-state index contributed by atoms with van der Waals surface area (Å²) in [6.45, 7) is 0.0456. The van der Waals surface area contributed by atoms with Gasteiger partial charge in [-0.3, -0.25) is 4.79 Å². The fourth-order valence-electron chi connectivity index (χ4n) is 0.800. The van der Waals surface area contributed by atoms with Crippen molar-refractivity contribution in [3.8, 4) is 0 Å². The molecule has 1 aromatic rings. The number of hydrogen-bond acceptors (Lipinski definition) is 2. The number of Topliss-reactive ketones (excluding diaryl/α,β-unsaturated/α-hetero) is 1. The summed E-state index contributed by atoms with van der Waals surface area (Å²) in [5.74, 6) is -0.0411. The van der Waals surface area contributed by atoms with Crippen LogP contribution in [0.5, 0.6) is 0 Å². The first kappa shape index (κ1) is 7.95. The Hall–Kier alpha value is -1.15. The van der Waals surface area contributed by atoms with Crippen LogP contribution in [0.4, 0.5) is 0 Å². The van der Waals surface area contributed by atoms with Crippen LogP contribution in [0.2, 0.25) is 0 Å². The van der Waals surface area contributed by atoms with Crippen molar-refractivity contribution >= 4 is 5.78 Å². The normalized spacial score (nSPS) is 9.55. The van der Waals surface area contributed by atoms with Crippen LogP contribution < -0.4 is 0 Å². The molecule has 2 heteroatoms. The molecule has 0 aliphatic rings.